The summed E-state index contributed by atoms with van der Waals surface area (Å²) in [5.41, 5.74) is 3.39. The monoisotopic (exact) mass is 391 g/mol. The summed E-state index contributed by atoms with van der Waals surface area (Å²) in [4.78, 5) is 25.0. The number of hydrogen-bond donors (Lipinski definition) is 0. The van der Waals surface area contributed by atoms with E-state index in [9.17, 15) is 9.59 Å². The Balaban J connectivity index is 1.68. The van der Waals surface area contributed by atoms with E-state index in [-0.39, 0.29) is 23.1 Å². The van der Waals surface area contributed by atoms with E-state index in [4.69, 9.17) is 16.3 Å². The molecule has 0 atom stereocenters. The molecule has 0 unspecified atom stereocenters. The largest absolute Gasteiger partial charge is 0.454 e. The molecule has 0 aliphatic heterocycles. The first-order valence-corrected chi connectivity index (χ1v) is 9.84. The fourth-order valence-electron chi connectivity index (χ4n) is 3.48. The van der Waals surface area contributed by atoms with Gasteiger partial charge in [0.2, 0.25) is 5.78 Å². The van der Waals surface area contributed by atoms with Gasteiger partial charge in [-0.05, 0) is 46.1 Å². The number of ether oxygens (including phenoxy) is 1. The van der Waals surface area contributed by atoms with Crippen molar-refractivity contribution in [2.75, 3.05) is 6.61 Å². The van der Waals surface area contributed by atoms with Crippen molar-refractivity contribution < 1.29 is 14.3 Å². The first-order valence-electron chi connectivity index (χ1n) is 9.46. The van der Waals surface area contributed by atoms with Gasteiger partial charge in [-0.1, -0.05) is 24.9 Å². The van der Waals surface area contributed by atoms with Crippen LogP contribution in [0.5, 0.6) is 0 Å². The third-order valence-corrected chi connectivity index (χ3v) is 5.41. The molecule has 2 aromatic heterocycles. The Kier molecular flexibility index (Phi) is 5.75. The number of Topliss-reactive ketones (excluding diaryl/α,β-unsaturated/α-hetero) is 1. The van der Waals surface area contributed by atoms with Gasteiger partial charge in [-0.15, -0.1) is 0 Å². The summed E-state index contributed by atoms with van der Waals surface area (Å²) in [6.07, 6.45) is 4.23. The number of aryl methyl sites for hydroxylation is 3. The van der Waals surface area contributed by atoms with Gasteiger partial charge in [0.05, 0.1) is 5.69 Å². The zero-order chi connectivity index (χ0) is 19.7. The Bertz CT molecular complexity index is 878. The van der Waals surface area contributed by atoms with Crippen LogP contribution in [0.15, 0.2) is 6.07 Å². The van der Waals surface area contributed by atoms with Crippen LogP contribution in [0.1, 0.15) is 76.4 Å². The summed E-state index contributed by atoms with van der Waals surface area (Å²) in [5, 5.41) is 4.57. The van der Waals surface area contributed by atoms with E-state index in [1.54, 1.807) is 11.6 Å². The van der Waals surface area contributed by atoms with Crippen LogP contribution in [-0.4, -0.2) is 32.7 Å². The van der Waals surface area contributed by atoms with Crippen molar-refractivity contribution in [3.05, 3.63) is 39.4 Å². The molecule has 2 aromatic rings. The van der Waals surface area contributed by atoms with Crippen LogP contribution in [0.25, 0.3) is 0 Å². The molecule has 0 aromatic carbocycles. The molecule has 0 spiro atoms. The number of hydrogen-bond acceptors (Lipinski definition) is 4. The van der Waals surface area contributed by atoms with Gasteiger partial charge in [0.25, 0.3) is 0 Å². The summed E-state index contributed by atoms with van der Waals surface area (Å²) in [7, 11) is 0. The quantitative estimate of drug-likeness (QED) is 0.493. The van der Waals surface area contributed by atoms with Crippen molar-refractivity contribution in [3.63, 3.8) is 0 Å². The zero-order valence-corrected chi connectivity index (χ0v) is 17.1. The molecule has 0 radical (unpaired) electrons. The van der Waals surface area contributed by atoms with Crippen molar-refractivity contribution in [1.29, 1.82) is 0 Å². The average molecular weight is 392 g/mol. The summed E-state index contributed by atoms with van der Waals surface area (Å²) in [6, 6.07) is 2.38. The molecule has 1 aliphatic rings. The molecule has 6 nitrogen and oxygen atoms in total. The van der Waals surface area contributed by atoms with E-state index in [1.165, 1.54) is 0 Å². The number of rotatable bonds is 8. The fourth-order valence-corrected chi connectivity index (χ4v) is 3.81. The Morgan fingerprint density at radius 1 is 1.30 bits per heavy atom. The van der Waals surface area contributed by atoms with E-state index in [0.29, 0.717) is 23.8 Å². The lowest BCUT2D eigenvalue weighted by Crippen LogP contribution is -2.15. The second-order valence-electron chi connectivity index (χ2n) is 7.21. The van der Waals surface area contributed by atoms with Crippen molar-refractivity contribution >= 4 is 23.4 Å². The molecular weight excluding hydrogens is 366 g/mol. The highest BCUT2D eigenvalue weighted by molar-refractivity contribution is 6.32. The number of carbonyl (C=O) groups excluding carboxylic acids is 2. The van der Waals surface area contributed by atoms with Crippen molar-refractivity contribution in [3.8, 4) is 0 Å². The van der Waals surface area contributed by atoms with Crippen LogP contribution in [0.2, 0.25) is 5.15 Å². The molecule has 1 saturated carbocycles. The van der Waals surface area contributed by atoms with E-state index in [2.05, 4.69) is 16.6 Å². The summed E-state index contributed by atoms with van der Waals surface area (Å²) >= 11 is 6.30. The normalized spacial score (nSPS) is 13.8. The minimum absolute atomic E-state index is 0.199. The first kappa shape index (κ1) is 19.7. The number of halogens is 1. The van der Waals surface area contributed by atoms with Gasteiger partial charge in [0, 0.05) is 29.5 Å². The van der Waals surface area contributed by atoms with Gasteiger partial charge < -0.3 is 9.30 Å². The number of ketones is 1. The minimum Gasteiger partial charge on any atom is -0.454 e. The highest BCUT2D eigenvalue weighted by Crippen LogP contribution is 2.38. The summed E-state index contributed by atoms with van der Waals surface area (Å²) < 4.78 is 9.08. The van der Waals surface area contributed by atoms with E-state index >= 15 is 0 Å². The summed E-state index contributed by atoms with van der Waals surface area (Å²) in [5.74, 6) is -0.805. The molecule has 0 amide bonds. The molecule has 1 aliphatic carbocycles. The van der Waals surface area contributed by atoms with E-state index in [1.807, 2.05) is 19.9 Å². The van der Waals surface area contributed by atoms with Gasteiger partial charge in [-0.2, -0.15) is 5.10 Å². The van der Waals surface area contributed by atoms with Crippen LogP contribution < -0.4 is 0 Å². The van der Waals surface area contributed by atoms with Crippen LogP contribution >= 0.6 is 11.6 Å². The molecule has 27 heavy (non-hydrogen) atoms. The maximum absolute atomic E-state index is 12.6. The predicted octanol–water partition coefficient (Wildman–Crippen LogP) is 4.44. The smallest absolute Gasteiger partial charge is 0.343 e. The summed E-state index contributed by atoms with van der Waals surface area (Å²) in [6.45, 7) is 8.08. The second kappa shape index (κ2) is 7.89. The molecule has 0 N–H and O–H groups in total. The number of unbranched alkanes of at least 4 members (excludes halogenated alkanes) is 1. The molecule has 3 rings (SSSR count). The molecule has 7 heteroatoms. The average Bonchev–Trinajstić information content (AvgIpc) is 3.35. The Morgan fingerprint density at radius 2 is 2.00 bits per heavy atom. The van der Waals surface area contributed by atoms with Crippen molar-refractivity contribution in [2.45, 2.75) is 66.0 Å². The predicted molar refractivity (Wildman–Crippen MR) is 104 cm³/mol. The molecule has 2 heterocycles. The third kappa shape index (κ3) is 3.95. The van der Waals surface area contributed by atoms with Crippen LogP contribution in [0, 0.1) is 20.8 Å². The number of carbonyl (C=O) groups is 2. The van der Waals surface area contributed by atoms with Crippen molar-refractivity contribution in [2.24, 2.45) is 0 Å². The second-order valence-corrected chi connectivity index (χ2v) is 7.57. The number of aromatic nitrogens is 3. The topological polar surface area (TPSA) is 66.1 Å². The number of esters is 1. The fraction of sp³-hybridized carbons (Fsp3) is 0.550. The third-order valence-electron chi connectivity index (χ3n) is 5.02. The van der Waals surface area contributed by atoms with Gasteiger partial charge in [-0.25, -0.2) is 4.79 Å². The Hall–Kier alpha value is -2.08. The van der Waals surface area contributed by atoms with Crippen LogP contribution in [0.4, 0.5) is 0 Å². The van der Waals surface area contributed by atoms with Gasteiger partial charge >= 0.3 is 5.97 Å². The molecule has 0 bridgehead atoms. The minimum atomic E-state index is -0.607. The van der Waals surface area contributed by atoms with Gasteiger partial charge in [-0.3, -0.25) is 9.48 Å². The first-order chi connectivity index (χ1) is 12.8. The maximum atomic E-state index is 12.6. The lowest BCUT2D eigenvalue weighted by molar-refractivity contribution is 0.0474. The highest BCUT2D eigenvalue weighted by atomic mass is 35.5. The SMILES string of the molecule is CCCCn1nc(C)c(C(=O)OCC(=O)c2cc(C)n(C3CC3)c2C)c1Cl. The lowest BCUT2D eigenvalue weighted by atomic mass is 10.1. The molecular formula is C20H26ClN3O3. The molecule has 1 fully saturated rings. The van der Waals surface area contributed by atoms with Crippen LogP contribution in [0.3, 0.4) is 0 Å². The number of nitrogens with zero attached hydrogens (tertiary/aromatic N) is 3. The van der Waals surface area contributed by atoms with Gasteiger partial charge in [0.1, 0.15) is 10.7 Å². The van der Waals surface area contributed by atoms with E-state index < -0.39 is 5.97 Å². The molecule has 146 valence electrons. The Morgan fingerprint density at radius 3 is 2.63 bits per heavy atom. The lowest BCUT2D eigenvalue weighted by Gasteiger charge is -2.08. The highest BCUT2D eigenvalue weighted by Gasteiger charge is 2.29. The van der Waals surface area contributed by atoms with Crippen LogP contribution in [-0.2, 0) is 11.3 Å². The molecule has 0 saturated heterocycles. The Labute approximate surface area is 164 Å². The maximum Gasteiger partial charge on any atom is 0.343 e. The standard InChI is InChI=1S/C20H26ClN3O3/c1-5-6-9-23-19(21)18(13(3)22-23)20(26)27-11-17(25)16-10-12(2)24(14(16)4)15-7-8-15/h10,15H,5-9,11H2,1-4H3. The zero-order valence-electron chi connectivity index (χ0n) is 16.3. The van der Waals surface area contributed by atoms with Crippen molar-refractivity contribution in [1.82, 2.24) is 14.3 Å². The van der Waals surface area contributed by atoms with E-state index in [0.717, 1.165) is 37.1 Å². The van der Waals surface area contributed by atoms with Gasteiger partial charge in [0.15, 0.2) is 6.61 Å².